The van der Waals surface area contributed by atoms with Gasteiger partial charge in [0.15, 0.2) is 0 Å². The fourth-order valence-corrected chi connectivity index (χ4v) is 6.67. The zero-order valence-electron chi connectivity index (χ0n) is 20.7. The predicted molar refractivity (Wildman–Crippen MR) is 137 cm³/mol. The normalized spacial score (nSPS) is 24.3. The summed E-state index contributed by atoms with van der Waals surface area (Å²) in [5.41, 5.74) is 1.47. The molecule has 1 saturated heterocycles. The molecule has 184 valence electrons. The molecule has 0 saturated carbocycles. The molecule has 0 bridgehead atoms. The molecule has 1 aromatic rings. The molecule has 2 unspecified atom stereocenters. The predicted octanol–water partition coefficient (Wildman–Crippen LogP) is 4.86. The number of hydrazone groups is 1. The summed E-state index contributed by atoms with van der Waals surface area (Å²) < 4.78 is 34.1. The Kier molecular flexibility index (Phi) is 8.62. The first kappa shape index (κ1) is 25.8. The molecule has 0 spiro atoms. The Balaban J connectivity index is 1.71. The minimum atomic E-state index is -3.47. The summed E-state index contributed by atoms with van der Waals surface area (Å²) in [6.07, 6.45) is 7.43. The Bertz CT molecular complexity index is 924. The van der Waals surface area contributed by atoms with E-state index in [0.717, 1.165) is 50.3 Å². The van der Waals surface area contributed by atoms with Crippen LogP contribution in [0.1, 0.15) is 52.0 Å². The molecule has 3 rings (SSSR count). The largest absolute Gasteiger partial charge is 0.381 e. The molecule has 0 aliphatic carbocycles. The van der Waals surface area contributed by atoms with Gasteiger partial charge in [0, 0.05) is 37.9 Å². The topological polar surface area (TPSA) is 62.2 Å². The monoisotopic (exact) mass is 475 g/mol. The number of hydrogen-bond donors (Lipinski definition) is 0. The summed E-state index contributed by atoms with van der Waals surface area (Å²) in [5, 5.41) is 6.92. The summed E-state index contributed by atoms with van der Waals surface area (Å²) in [4.78, 5) is 0. The van der Waals surface area contributed by atoms with Crippen LogP contribution in [0.5, 0.6) is 0 Å². The van der Waals surface area contributed by atoms with Crippen molar-refractivity contribution in [2.24, 2.45) is 22.4 Å². The molecule has 7 heteroatoms. The smallest absolute Gasteiger partial charge is 0.235 e. The lowest BCUT2D eigenvalue weighted by Gasteiger charge is -2.41. The van der Waals surface area contributed by atoms with Crippen LogP contribution in [-0.4, -0.2) is 57.7 Å². The van der Waals surface area contributed by atoms with Crippen molar-refractivity contribution >= 4 is 21.9 Å². The van der Waals surface area contributed by atoms with Gasteiger partial charge in [-0.1, -0.05) is 45.0 Å². The highest BCUT2D eigenvalue weighted by Gasteiger charge is 2.36. The third-order valence-corrected chi connectivity index (χ3v) is 8.55. The second kappa shape index (κ2) is 11.0. The Labute approximate surface area is 200 Å². The van der Waals surface area contributed by atoms with Crippen molar-refractivity contribution in [2.75, 3.05) is 36.4 Å². The van der Waals surface area contributed by atoms with Crippen LogP contribution in [0.25, 0.3) is 0 Å². The second-order valence-electron chi connectivity index (χ2n) is 10.4. The van der Waals surface area contributed by atoms with Gasteiger partial charge in [-0.3, -0.25) is 9.31 Å². The summed E-state index contributed by atoms with van der Waals surface area (Å²) in [7, 11) is -3.47. The van der Waals surface area contributed by atoms with Crippen molar-refractivity contribution < 1.29 is 13.2 Å². The van der Waals surface area contributed by atoms with Crippen LogP contribution in [0.3, 0.4) is 0 Å². The van der Waals surface area contributed by atoms with E-state index in [9.17, 15) is 8.42 Å². The highest BCUT2D eigenvalue weighted by Crippen LogP contribution is 2.34. The van der Waals surface area contributed by atoms with E-state index in [2.05, 4.69) is 32.4 Å². The van der Waals surface area contributed by atoms with Gasteiger partial charge in [0.25, 0.3) is 0 Å². The van der Waals surface area contributed by atoms with Crippen molar-refractivity contribution in [1.82, 2.24) is 5.01 Å². The number of rotatable bonds is 10. The Morgan fingerprint density at radius 1 is 1.30 bits per heavy atom. The van der Waals surface area contributed by atoms with Crippen LogP contribution in [0, 0.1) is 24.2 Å². The number of ether oxygens (including phenoxy) is 1. The van der Waals surface area contributed by atoms with E-state index in [1.807, 2.05) is 43.5 Å². The van der Waals surface area contributed by atoms with Gasteiger partial charge in [-0.15, -0.1) is 6.58 Å². The first-order chi connectivity index (χ1) is 15.6. The first-order valence-electron chi connectivity index (χ1n) is 12.2. The molecule has 0 N–H and O–H groups in total. The number of para-hydroxylation sites is 1. The van der Waals surface area contributed by atoms with E-state index in [-0.39, 0.29) is 23.1 Å². The fourth-order valence-electron chi connectivity index (χ4n) is 4.69. The van der Waals surface area contributed by atoms with Crippen LogP contribution >= 0.6 is 0 Å². The molecule has 1 fully saturated rings. The highest BCUT2D eigenvalue weighted by molar-refractivity contribution is 7.92. The number of aryl methyl sites for hydroxylation is 1. The van der Waals surface area contributed by atoms with Crippen LogP contribution in [0.4, 0.5) is 5.69 Å². The maximum absolute atomic E-state index is 13.5. The van der Waals surface area contributed by atoms with Crippen LogP contribution in [0.2, 0.25) is 0 Å². The van der Waals surface area contributed by atoms with Crippen molar-refractivity contribution in [3.63, 3.8) is 0 Å². The van der Waals surface area contributed by atoms with E-state index in [0.29, 0.717) is 18.9 Å². The molecule has 1 aromatic carbocycles. The Morgan fingerprint density at radius 2 is 2.00 bits per heavy atom. The molecule has 2 aliphatic rings. The minimum Gasteiger partial charge on any atom is -0.381 e. The third-order valence-electron chi connectivity index (χ3n) is 6.82. The molecule has 33 heavy (non-hydrogen) atoms. The lowest BCUT2D eigenvalue weighted by molar-refractivity contribution is 0.0442. The summed E-state index contributed by atoms with van der Waals surface area (Å²) in [6, 6.07) is 7.84. The number of benzene rings is 1. The SMILES string of the molecule is C=CC1CC(C)(CCS(=O)(=O)N(CC(C)C)c2ccccc2C)C=NN1CC1CCOCC1. The van der Waals surface area contributed by atoms with Gasteiger partial charge in [0.1, 0.15) is 0 Å². The molecular formula is C26H41N3O3S. The summed E-state index contributed by atoms with van der Waals surface area (Å²) >= 11 is 0. The van der Waals surface area contributed by atoms with Gasteiger partial charge in [-0.2, -0.15) is 5.10 Å². The average Bonchev–Trinajstić information content (AvgIpc) is 2.79. The first-order valence-corrected chi connectivity index (χ1v) is 13.8. The van der Waals surface area contributed by atoms with Crippen LogP contribution < -0.4 is 4.31 Å². The molecule has 2 atom stereocenters. The molecule has 0 aromatic heterocycles. The maximum atomic E-state index is 13.5. The molecule has 6 nitrogen and oxygen atoms in total. The van der Waals surface area contributed by atoms with Crippen LogP contribution in [-0.2, 0) is 14.8 Å². The number of nitrogens with zero attached hydrogens (tertiary/aromatic N) is 3. The Hall–Kier alpha value is -1.86. The minimum absolute atomic E-state index is 0.0976. The van der Waals surface area contributed by atoms with Crippen molar-refractivity contribution in [3.05, 3.63) is 42.5 Å². The third kappa shape index (κ3) is 6.82. The zero-order valence-corrected chi connectivity index (χ0v) is 21.6. The van der Waals surface area contributed by atoms with E-state index < -0.39 is 10.0 Å². The van der Waals surface area contributed by atoms with Gasteiger partial charge < -0.3 is 4.74 Å². The van der Waals surface area contributed by atoms with E-state index in [4.69, 9.17) is 9.84 Å². The van der Waals surface area contributed by atoms with Gasteiger partial charge >= 0.3 is 0 Å². The van der Waals surface area contributed by atoms with Crippen LogP contribution in [0.15, 0.2) is 42.0 Å². The number of sulfonamides is 1. The average molecular weight is 476 g/mol. The summed E-state index contributed by atoms with van der Waals surface area (Å²) in [6.45, 7) is 15.3. The van der Waals surface area contributed by atoms with Gasteiger partial charge in [0.2, 0.25) is 10.0 Å². The summed E-state index contributed by atoms with van der Waals surface area (Å²) in [5.74, 6) is 0.914. The van der Waals surface area contributed by atoms with Gasteiger partial charge in [0.05, 0.1) is 17.5 Å². The molecular weight excluding hydrogens is 434 g/mol. The number of anilines is 1. The highest BCUT2D eigenvalue weighted by atomic mass is 32.2. The van der Waals surface area contributed by atoms with Gasteiger partial charge in [-0.05, 0) is 56.1 Å². The quantitative estimate of drug-likeness (QED) is 0.454. The van der Waals surface area contributed by atoms with E-state index >= 15 is 0 Å². The van der Waals surface area contributed by atoms with Crippen molar-refractivity contribution in [2.45, 2.75) is 59.4 Å². The lowest BCUT2D eigenvalue weighted by Crippen LogP contribution is -2.44. The molecule has 2 heterocycles. The maximum Gasteiger partial charge on any atom is 0.235 e. The lowest BCUT2D eigenvalue weighted by atomic mass is 9.81. The van der Waals surface area contributed by atoms with Crippen molar-refractivity contribution in [3.8, 4) is 0 Å². The Morgan fingerprint density at radius 3 is 2.64 bits per heavy atom. The second-order valence-corrected chi connectivity index (χ2v) is 12.4. The van der Waals surface area contributed by atoms with E-state index in [1.165, 1.54) is 0 Å². The van der Waals surface area contributed by atoms with Crippen molar-refractivity contribution in [1.29, 1.82) is 0 Å². The molecule has 0 amide bonds. The van der Waals surface area contributed by atoms with Gasteiger partial charge in [-0.25, -0.2) is 8.42 Å². The van der Waals surface area contributed by atoms with E-state index in [1.54, 1.807) is 4.31 Å². The molecule has 2 aliphatic heterocycles. The fraction of sp³-hybridized carbons (Fsp3) is 0.654. The molecule has 0 radical (unpaired) electrons. The number of hydrogen-bond acceptors (Lipinski definition) is 5. The zero-order chi connectivity index (χ0) is 24.1. The standard InChI is InChI=1S/C26H41N3O3S/c1-6-24-17-26(5,20-27-28(24)19-23-11-14-32-15-12-23)13-16-33(30,31)29(18-21(2)3)25-10-8-7-9-22(25)4/h6-10,20-21,23-24H,1,11-19H2,2-5H3.